The van der Waals surface area contributed by atoms with Gasteiger partial charge in [0.25, 0.3) is 5.91 Å². The number of hydrogen-bond acceptors (Lipinski definition) is 4. The standard InChI is InChI=1S/C21H24ClN3O3S/c1-29(27,28)23-18-9-10-20(22)19(16-18)21(26)25-14-12-24(13-15-25)11-5-8-17-6-3-2-4-7-17/h2-10,16,23H,11-15H2,1H3/b8-5+. The molecule has 1 heterocycles. The Morgan fingerprint density at radius 1 is 1.10 bits per heavy atom. The number of rotatable bonds is 6. The van der Waals surface area contributed by atoms with Gasteiger partial charge in [-0.25, -0.2) is 8.42 Å². The third kappa shape index (κ3) is 6.32. The molecule has 1 saturated heterocycles. The summed E-state index contributed by atoms with van der Waals surface area (Å²) in [7, 11) is -3.42. The average molecular weight is 434 g/mol. The molecule has 2 aromatic rings. The summed E-state index contributed by atoms with van der Waals surface area (Å²) in [6.45, 7) is 3.55. The Hall–Kier alpha value is -2.35. The number of hydrogen-bond donors (Lipinski definition) is 1. The van der Waals surface area contributed by atoms with Crippen LogP contribution in [0.15, 0.2) is 54.6 Å². The first kappa shape index (κ1) is 21.4. The van der Waals surface area contributed by atoms with Crippen molar-refractivity contribution in [2.45, 2.75) is 0 Å². The first-order chi connectivity index (χ1) is 13.8. The smallest absolute Gasteiger partial charge is 0.255 e. The Balaban J connectivity index is 1.57. The zero-order valence-corrected chi connectivity index (χ0v) is 17.8. The highest BCUT2D eigenvalue weighted by atomic mass is 35.5. The van der Waals surface area contributed by atoms with Crippen molar-refractivity contribution in [3.05, 3.63) is 70.8 Å². The Labute approximate surface area is 176 Å². The van der Waals surface area contributed by atoms with Gasteiger partial charge in [0.1, 0.15) is 0 Å². The molecular weight excluding hydrogens is 410 g/mol. The van der Waals surface area contributed by atoms with E-state index in [1.807, 2.05) is 18.2 Å². The van der Waals surface area contributed by atoms with Gasteiger partial charge in [-0.3, -0.25) is 14.4 Å². The van der Waals surface area contributed by atoms with Crippen molar-refractivity contribution in [1.82, 2.24) is 9.80 Å². The van der Waals surface area contributed by atoms with Crippen LogP contribution in [0.1, 0.15) is 15.9 Å². The van der Waals surface area contributed by atoms with Gasteiger partial charge >= 0.3 is 0 Å². The van der Waals surface area contributed by atoms with Gasteiger partial charge in [0.15, 0.2) is 0 Å². The maximum absolute atomic E-state index is 12.9. The Morgan fingerprint density at radius 2 is 1.79 bits per heavy atom. The monoisotopic (exact) mass is 433 g/mol. The molecule has 6 nitrogen and oxygen atoms in total. The molecule has 154 valence electrons. The molecule has 0 saturated carbocycles. The maximum Gasteiger partial charge on any atom is 0.255 e. The molecule has 2 aromatic carbocycles. The molecule has 0 bridgehead atoms. The minimum atomic E-state index is -3.42. The van der Waals surface area contributed by atoms with Gasteiger partial charge < -0.3 is 4.90 Å². The topological polar surface area (TPSA) is 69.7 Å². The molecule has 0 aromatic heterocycles. The van der Waals surface area contributed by atoms with Crippen LogP contribution in [0.25, 0.3) is 6.08 Å². The summed E-state index contributed by atoms with van der Waals surface area (Å²) in [5.74, 6) is -0.188. The molecule has 8 heteroatoms. The molecule has 0 aliphatic carbocycles. The predicted octanol–water partition coefficient (Wildman–Crippen LogP) is 3.18. The van der Waals surface area contributed by atoms with Gasteiger partial charge in [-0.15, -0.1) is 0 Å². The molecule has 1 fully saturated rings. The van der Waals surface area contributed by atoms with Crippen LogP contribution in [0.2, 0.25) is 5.02 Å². The fourth-order valence-corrected chi connectivity index (χ4v) is 3.93. The molecule has 3 rings (SSSR count). The number of piperazine rings is 1. The second-order valence-corrected chi connectivity index (χ2v) is 9.13. The van der Waals surface area contributed by atoms with E-state index in [2.05, 4.69) is 33.9 Å². The molecule has 0 atom stereocenters. The molecule has 1 aliphatic rings. The average Bonchev–Trinajstić information content (AvgIpc) is 2.69. The first-order valence-electron chi connectivity index (χ1n) is 9.32. The second-order valence-electron chi connectivity index (χ2n) is 6.97. The normalized spacial score (nSPS) is 15.6. The van der Waals surface area contributed by atoms with E-state index in [0.717, 1.165) is 25.9 Å². The lowest BCUT2D eigenvalue weighted by Gasteiger charge is -2.34. The van der Waals surface area contributed by atoms with Crippen LogP contribution in [0.4, 0.5) is 5.69 Å². The van der Waals surface area contributed by atoms with Crippen molar-refractivity contribution >= 4 is 39.3 Å². The Morgan fingerprint density at radius 3 is 2.45 bits per heavy atom. The van der Waals surface area contributed by atoms with E-state index in [1.165, 1.54) is 23.8 Å². The minimum absolute atomic E-state index is 0.188. The minimum Gasteiger partial charge on any atom is -0.336 e. The molecule has 1 amide bonds. The number of amides is 1. The number of halogens is 1. The van der Waals surface area contributed by atoms with Gasteiger partial charge in [-0.05, 0) is 23.8 Å². The summed E-state index contributed by atoms with van der Waals surface area (Å²) < 4.78 is 25.2. The lowest BCUT2D eigenvalue weighted by atomic mass is 10.1. The molecule has 1 N–H and O–H groups in total. The third-order valence-electron chi connectivity index (χ3n) is 4.63. The molecular formula is C21H24ClN3O3S. The second kappa shape index (κ2) is 9.43. The first-order valence-corrected chi connectivity index (χ1v) is 11.6. The zero-order valence-electron chi connectivity index (χ0n) is 16.2. The van der Waals surface area contributed by atoms with Crippen molar-refractivity contribution in [2.75, 3.05) is 43.7 Å². The fourth-order valence-electron chi connectivity index (χ4n) is 3.17. The van der Waals surface area contributed by atoms with E-state index in [-0.39, 0.29) is 5.91 Å². The molecule has 0 unspecified atom stereocenters. The quantitative estimate of drug-likeness (QED) is 0.759. The molecule has 0 radical (unpaired) electrons. The maximum atomic E-state index is 12.9. The number of anilines is 1. The Bertz CT molecular complexity index is 985. The van der Waals surface area contributed by atoms with Gasteiger partial charge in [0.2, 0.25) is 10.0 Å². The molecule has 1 aliphatic heterocycles. The number of carbonyl (C=O) groups excluding carboxylic acids is 1. The van der Waals surface area contributed by atoms with Crippen LogP contribution in [-0.4, -0.2) is 63.1 Å². The van der Waals surface area contributed by atoms with Crippen LogP contribution < -0.4 is 4.72 Å². The highest BCUT2D eigenvalue weighted by Crippen LogP contribution is 2.23. The van der Waals surface area contributed by atoms with E-state index in [9.17, 15) is 13.2 Å². The summed E-state index contributed by atoms with van der Waals surface area (Å²) >= 11 is 6.19. The highest BCUT2D eigenvalue weighted by molar-refractivity contribution is 7.92. The summed E-state index contributed by atoms with van der Waals surface area (Å²) in [6.07, 6.45) is 5.29. The van der Waals surface area contributed by atoms with Crippen LogP contribution in [-0.2, 0) is 10.0 Å². The third-order valence-corrected chi connectivity index (χ3v) is 5.57. The van der Waals surface area contributed by atoms with Crippen LogP contribution in [0, 0.1) is 0 Å². The van der Waals surface area contributed by atoms with Crippen LogP contribution in [0.3, 0.4) is 0 Å². The number of carbonyl (C=O) groups is 1. The Kier molecular flexibility index (Phi) is 6.95. The summed E-state index contributed by atoms with van der Waals surface area (Å²) in [4.78, 5) is 16.9. The van der Waals surface area contributed by atoms with Gasteiger partial charge in [-0.1, -0.05) is 54.1 Å². The number of sulfonamides is 1. The fraction of sp³-hybridized carbons (Fsp3) is 0.286. The van der Waals surface area contributed by atoms with Crippen LogP contribution >= 0.6 is 11.6 Å². The lowest BCUT2D eigenvalue weighted by molar-refractivity contribution is 0.0650. The number of nitrogens with zero attached hydrogens (tertiary/aromatic N) is 2. The van der Waals surface area contributed by atoms with Crippen molar-refractivity contribution in [2.24, 2.45) is 0 Å². The van der Waals surface area contributed by atoms with E-state index in [1.54, 1.807) is 4.90 Å². The summed E-state index contributed by atoms with van der Waals surface area (Å²) in [5, 5.41) is 0.308. The van der Waals surface area contributed by atoms with Crippen LogP contribution in [0.5, 0.6) is 0 Å². The van der Waals surface area contributed by atoms with E-state index < -0.39 is 10.0 Å². The predicted molar refractivity (Wildman–Crippen MR) is 118 cm³/mol. The number of nitrogens with one attached hydrogen (secondary N) is 1. The van der Waals surface area contributed by atoms with Crippen molar-refractivity contribution in [1.29, 1.82) is 0 Å². The summed E-state index contributed by atoms with van der Waals surface area (Å²) in [5.41, 5.74) is 1.79. The van der Waals surface area contributed by atoms with E-state index in [4.69, 9.17) is 11.6 Å². The SMILES string of the molecule is CS(=O)(=O)Nc1ccc(Cl)c(C(=O)N2CCN(C/C=C/c3ccccc3)CC2)c1. The van der Waals surface area contributed by atoms with Crippen molar-refractivity contribution in [3.63, 3.8) is 0 Å². The van der Waals surface area contributed by atoms with Crippen molar-refractivity contribution < 1.29 is 13.2 Å². The molecule has 29 heavy (non-hydrogen) atoms. The van der Waals surface area contributed by atoms with E-state index >= 15 is 0 Å². The lowest BCUT2D eigenvalue weighted by Crippen LogP contribution is -2.48. The molecule has 0 spiro atoms. The van der Waals surface area contributed by atoms with Gasteiger partial charge in [0.05, 0.1) is 16.8 Å². The van der Waals surface area contributed by atoms with Gasteiger partial charge in [-0.2, -0.15) is 0 Å². The zero-order chi connectivity index (χ0) is 20.9. The number of benzene rings is 2. The van der Waals surface area contributed by atoms with E-state index in [0.29, 0.717) is 29.4 Å². The van der Waals surface area contributed by atoms with Gasteiger partial charge in [0, 0.05) is 38.4 Å². The largest absolute Gasteiger partial charge is 0.336 e. The highest BCUT2D eigenvalue weighted by Gasteiger charge is 2.23. The van der Waals surface area contributed by atoms with Crippen molar-refractivity contribution in [3.8, 4) is 0 Å². The summed E-state index contributed by atoms with van der Waals surface area (Å²) in [6, 6.07) is 14.7.